The number of anilines is 1. The first-order chi connectivity index (χ1) is 15.8. The van der Waals surface area contributed by atoms with Gasteiger partial charge in [0.2, 0.25) is 0 Å². The molecule has 0 spiro atoms. The van der Waals surface area contributed by atoms with Crippen LogP contribution in [-0.4, -0.2) is 52.4 Å². The molecule has 10 heteroatoms. The van der Waals surface area contributed by atoms with Crippen molar-refractivity contribution in [2.24, 2.45) is 0 Å². The van der Waals surface area contributed by atoms with E-state index in [4.69, 9.17) is 9.84 Å². The monoisotopic (exact) mass is 467 g/mol. The lowest BCUT2D eigenvalue weighted by Crippen LogP contribution is -2.36. The molecule has 2 aromatic carbocycles. The lowest BCUT2D eigenvalue weighted by atomic mass is 9.98. The minimum Gasteiger partial charge on any atom is -0.479 e. The number of nitrogens with one attached hydrogen (secondary N) is 2. The Labute approximate surface area is 193 Å². The van der Waals surface area contributed by atoms with E-state index in [2.05, 4.69) is 27.8 Å². The molecule has 0 bridgehead atoms. The van der Waals surface area contributed by atoms with Crippen LogP contribution in [0, 0.1) is 6.92 Å². The zero-order valence-electron chi connectivity index (χ0n) is 17.6. The number of ether oxygens (including phenoxy) is 1. The van der Waals surface area contributed by atoms with Gasteiger partial charge in [-0.25, -0.2) is 14.6 Å². The molecule has 0 saturated heterocycles. The number of aliphatic hydroxyl groups excluding tert-OH is 1. The number of rotatable bonds is 7. The molecule has 170 valence electrons. The Kier molecular flexibility index (Phi) is 6.38. The van der Waals surface area contributed by atoms with Crippen LogP contribution in [0.3, 0.4) is 0 Å². The molecular formula is C23H21N3O6S. The van der Waals surface area contributed by atoms with E-state index in [9.17, 15) is 19.5 Å². The number of carboxylic acid groups (broad SMARTS) is 1. The Hall–Kier alpha value is -3.76. The first kappa shape index (κ1) is 22.4. The molecule has 3 aromatic rings. The molecule has 0 aliphatic heterocycles. The van der Waals surface area contributed by atoms with Crippen molar-refractivity contribution in [3.63, 3.8) is 0 Å². The Morgan fingerprint density at radius 3 is 2.30 bits per heavy atom. The van der Waals surface area contributed by atoms with Gasteiger partial charge in [-0.2, -0.15) is 0 Å². The Morgan fingerprint density at radius 1 is 1.09 bits per heavy atom. The van der Waals surface area contributed by atoms with Gasteiger partial charge in [0, 0.05) is 5.92 Å². The van der Waals surface area contributed by atoms with Crippen LogP contribution in [0.5, 0.6) is 0 Å². The summed E-state index contributed by atoms with van der Waals surface area (Å²) >= 11 is 0.927. The van der Waals surface area contributed by atoms with E-state index >= 15 is 0 Å². The van der Waals surface area contributed by atoms with Crippen molar-refractivity contribution in [1.82, 2.24) is 10.3 Å². The summed E-state index contributed by atoms with van der Waals surface area (Å²) in [5.41, 5.74) is 4.80. The second-order valence-corrected chi connectivity index (χ2v) is 8.45. The van der Waals surface area contributed by atoms with Crippen LogP contribution in [-0.2, 0) is 9.53 Å². The van der Waals surface area contributed by atoms with Crippen molar-refractivity contribution < 1.29 is 29.3 Å². The van der Waals surface area contributed by atoms with E-state index in [0.717, 1.165) is 33.6 Å². The number of fused-ring (bicyclic) bond motifs is 3. The van der Waals surface area contributed by atoms with Gasteiger partial charge in [-0.1, -0.05) is 59.9 Å². The third-order valence-electron chi connectivity index (χ3n) is 5.30. The highest BCUT2D eigenvalue weighted by Gasteiger charge is 2.29. The first-order valence-corrected chi connectivity index (χ1v) is 10.9. The number of carbonyl (C=O) groups excluding carboxylic acids is 2. The summed E-state index contributed by atoms with van der Waals surface area (Å²) in [5, 5.41) is 23.0. The van der Waals surface area contributed by atoms with Gasteiger partial charge in [-0.05, 0) is 29.2 Å². The topological polar surface area (TPSA) is 138 Å². The van der Waals surface area contributed by atoms with Crippen LogP contribution < -0.4 is 10.6 Å². The Balaban J connectivity index is 1.38. The fourth-order valence-corrected chi connectivity index (χ4v) is 4.61. The predicted octanol–water partition coefficient (Wildman–Crippen LogP) is 2.99. The first-order valence-electron chi connectivity index (χ1n) is 10.1. The van der Waals surface area contributed by atoms with Crippen LogP contribution in [0.15, 0.2) is 48.5 Å². The summed E-state index contributed by atoms with van der Waals surface area (Å²) in [6.45, 7) is 1.28. The number of aliphatic carboxylic acids is 1. The second-order valence-electron chi connectivity index (χ2n) is 7.45. The molecule has 1 aromatic heterocycles. The molecule has 1 atom stereocenters. The van der Waals surface area contributed by atoms with Crippen molar-refractivity contribution in [3.05, 3.63) is 70.2 Å². The predicted molar refractivity (Wildman–Crippen MR) is 122 cm³/mol. The minimum atomic E-state index is -1.71. The number of nitrogens with zero attached hydrogens (tertiary/aromatic N) is 1. The van der Waals surface area contributed by atoms with Crippen LogP contribution in [0.1, 0.15) is 32.4 Å². The molecule has 4 N–H and O–H groups in total. The molecule has 2 amide bonds. The zero-order valence-corrected chi connectivity index (χ0v) is 18.4. The zero-order chi connectivity index (χ0) is 23.5. The van der Waals surface area contributed by atoms with Crippen LogP contribution in [0.25, 0.3) is 11.1 Å². The summed E-state index contributed by atoms with van der Waals surface area (Å²) in [6, 6.07) is 16.0. The van der Waals surface area contributed by atoms with Crippen LogP contribution in [0.4, 0.5) is 9.93 Å². The normalized spacial score (nSPS) is 13.0. The van der Waals surface area contributed by atoms with Crippen molar-refractivity contribution in [3.8, 4) is 11.1 Å². The number of amides is 2. The van der Waals surface area contributed by atoms with Gasteiger partial charge in [-0.15, -0.1) is 0 Å². The van der Waals surface area contributed by atoms with Crippen molar-refractivity contribution in [2.45, 2.75) is 18.9 Å². The fourth-order valence-electron chi connectivity index (χ4n) is 3.74. The number of benzene rings is 2. The summed E-state index contributed by atoms with van der Waals surface area (Å²) in [6.07, 6.45) is -2.40. The Bertz CT molecular complexity index is 1180. The number of hydrogen-bond donors (Lipinski definition) is 4. The molecular weight excluding hydrogens is 446 g/mol. The van der Waals surface area contributed by atoms with Gasteiger partial charge in [-0.3, -0.25) is 10.1 Å². The van der Waals surface area contributed by atoms with E-state index in [0.29, 0.717) is 5.69 Å². The second kappa shape index (κ2) is 9.39. The Morgan fingerprint density at radius 2 is 1.70 bits per heavy atom. The maximum absolute atomic E-state index is 12.4. The van der Waals surface area contributed by atoms with Gasteiger partial charge < -0.3 is 20.3 Å². The third-order valence-corrected chi connectivity index (χ3v) is 6.37. The molecule has 1 heterocycles. The highest BCUT2D eigenvalue weighted by Crippen LogP contribution is 2.44. The molecule has 0 saturated carbocycles. The lowest BCUT2D eigenvalue weighted by molar-refractivity contribution is -0.146. The van der Waals surface area contributed by atoms with E-state index in [1.54, 1.807) is 6.92 Å². The maximum atomic E-state index is 12.4. The van der Waals surface area contributed by atoms with E-state index in [1.165, 1.54) is 0 Å². The third kappa shape index (κ3) is 4.71. The van der Waals surface area contributed by atoms with Crippen molar-refractivity contribution >= 4 is 34.4 Å². The number of aryl methyl sites for hydroxylation is 1. The fraction of sp³-hybridized carbons (Fsp3) is 0.217. The van der Waals surface area contributed by atoms with Crippen molar-refractivity contribution in [2.75, 3.05) is 18.5 Å². The number of hydrogen-bond acceptors (Lipinski definition) is 7. The van der Waals surface area contributed by atoms with E-state index < -0.39 is 30.6 Å². The standard InChI is InChI=1S/C23H21N3O6S/c1-12-19(20(28)24-10-18(27)21(29)30)33-22(25-12)26-23(31)32-11-17-15-8-4-2-6-13(15)14-7-3-5-9-16(14)17/h2-9,17-18,27H,10-11H2,1H3,(H,24,28)(H,29,30)(H,25,26,31). The molecule has 1 aliphatic carbocycles. The van der Waals surface area contributed by atoms with Gasteiger partial charge in [0.05, 0.1) is 12.2 Å². The molecule has 9 nitrogen and oxygen atoms in total. The number of aliphatic hydroxyl groups is 1. The van der Waals surface area contributed by atoms with Crippen LogP contribution >= 0.6 is 11.3 Å². The lowest BCUT2D eigenvalue weighted by Gasteiger charge is -2.14. The smallest absolute Gasteiger partial charge is 0.413 e. The van der Waals surface area contributed by atoms with Gasteiger partial charge >= 0.3 is 12.1 Å². The number of thiazole rings is 1. The van der Waals surface area contributed by atoms with Gasteiger partial charge in [0.1, 0.15) is 11.5 Å². The molecule has 1 unspecified atom stereocenters. The maximum Gasteiger partial charge on any atom is 0.413 e. The SMILES string of the molecule is Cc1nc(NC(=O)OCC2c3ccccc3-c3ccccc32)sc1C(=O)NCC(O)C(=O)O. The van der Waals surface area contributed by atoms with Gasteiger partial charge in [0.15, 0.2) is 11.2 Å². The van der Waals surface area contributed by atoms with E-state index in [1.807, 2.05) is 36.4 Å². The average molecular weight is 468 g/mol. The summed E-state index contributed by atoms with van der Waals surface area (Å²) in [7, 11) is 0. The number of aromatic nitrogens is 1. The highest BCUT2D eigenvalue weighted by atomic mass is 32.1. The largest absolute Gasteiger partial charge is 0.479 e. The number of carboxylic acids is 1. The summed E-state index contributed by atoms with van der Waals surface area (Å²) in [5.74, 6) is -2.11. The van der Waals surface area contributed by atoms with Crippen LogP contribution in [0.2, 0.25) is 0 Å². The summed E-state index contributed by atoms with van der Waals surface area (Å²) < 4.78 is 5.48. The average Bonchev–Trinajstić information content (AvgIpc) is 3.33. The molecule has 33 heavy (non-hydrogen) atoms. The number of carbonyl (C=O) groups is 3. The summed E-state index contributed by atoms with van der Waals surface area (Å²) in [4.78, 5) is 39.7. The minimum absolute atomic E-state index is 0.0804. The quantitative estimate of drug-likeness (QED) is 0.419. The molecule has 0 radical (unpaired) electrons. The molecule has 0 fully saturated rings. The molecule has 4 rings (SSSR count). The molecule has 1 aliphatic rings. The van der Waals surface area contributed by atoms with Crippen molar-refractivity contribution in [1.29, 1.82) is 0 Å². The van der Waals surface area contributed by atoms with Gasteiger partial charge in [0.25, 0.3) is 5.91 Å². The van der Waals surface area contributed by atoms with E-state index in [-0.39, 0.29) is 22.5 Å². The highest BCUT2D eigenvalue weighted by molar-refractivity contribution is 7.17.